The largest absolute Gasteiger partial charge is 0.451 e. The molecule has 234 valence electrons. The van der Waals surface area contributed by atoms with Gasteiger partial charge >= 0.3 is 0 Å². The van der Waals surface area contributed by atoms with E-state index < -0.39 is 67.9 Å². The maximum Gasteiger partial charge on any atom is 0.243 e. The van der Waals surface area contributed by atoms with Gasteiger partial charge in [0.25, 0.3) is 0 Å². The molecule has 0 saturated heterocycles. The number of amides is 1. The van der Waals surface area contributed by atoms with Crippen molar-refractivity contribution in [3.8, 4) is 11.5 Å². The van der Waals surface area contributed by atoms with E-state index in [-0.39, 0.29) is 10.6 Å². The van der Waals surface area contributed by atoms with Crippen LogP contribution in [-0.4, -0.2) is 72.1 Å². The van der Waals surface area contributed by atoms with Crippen LogP contribution in [0.15, 0.2) is 82.6 Å². The molecule has 0 aromatic heterocycles. The van der Waals surface area contributed by atoms with Crippen LogP contribution in [0.1, 0.15) is 0 Å². The summed E-state index contributed by atoms with van der Waals surface area (Å²) in [6.45, 7) is -1.84. The minimum Gasteiger partial charge on any atom is -0.451 e. The predicted molar refractivity (Wildman–Crippen MR) is 164 cm³/mol. The third kappa shape index (κ3) is 7.11. The first-order chi connectivity index (χ1) is 20.6. The van der Waals surface area contributed by atoms with Gasteiger partial charge in [0.05, 0.1) is 16.3 Å². The Balaban J connectivity index is 1.59. The van der Waals surface area contributed by atoms with E-state index in [1.54, 1.807) is 24.3 Å². The number of sulfonamides is 2. The van der Waals surface area contributed by atoms with Crippen molar-refractivity contribution in [3.63, 3.8) is 0 Å². The number of nitrogens with two attached hydrogens (primary N) is 1. The fourth-order valence-corrected chi connectivity index (χ4v) is 7.22. The zero-order chi connectivity index (χ0) is 32.4. The van der Waals surface area contributed by atoms with Gasteiger partial charge in [-0.2, -0.15) is 8.61 Å². The third-order valence-electron chi connectivity index (χ3n) is 6.67. The highest BCUT2D eigenvalue weighted by atomic mass is 35.5. The molecule has 10 nitrogen and oxygen atoms in total. The third-order valence-corrected chi connectivity index (χ3v) is 10.7. The average Bonchev–Trinajstić information content (AvgIpc) is 2.96. The molecule has 0 radical (unpaired) electrons. The maximum absolute atomic E-state index is 14.9. The lowest BCUT2D eigenvalue weighted by molar-refractivity contribution is -0.118. The van der Waals surface area contributed by atoms with Crippen molar-refractivity contribution in [2.75, 3.05) is 45.7 Å². The normalized spacial score (nSPS) is 12.2. The van der Waals surface area contributed by atoms with Crippen LogP contribution in [0.5, 0.6) is 11.5 Å². The topological polar surface area (TPSA) is 130 Å². The van der Waals surface area contributed by atoms with Crippen LogP contribution >= 0.6 is 11.6 Å². The van der Waals surface area contributed by atoms with Crippen molar-refractivity contribution >= 4 is 54.0 Å². The molecule has 15 heteroatoms. The number of rotatable bonds is 12. The Morgan fingerprint density at radius 3 is 2.09 bits per heavy atom. The lowest BCUT2D eigenvalue weighted by atomic mass is 10.1. The van der Waals surface area contributed by atoms with E-state index in [0.717, 1.165) is 9.99 Å². The number of nitrogens with zero attached hydrogens (tertiary/aromatic N) is 3. The highest BCUT2D eigenvalue weighted by molar-refractivity contribution is 7.89. The van der Waals surface area contributed by atoms with E-state index in [1.165, 1.54) is 37.4 Å². The fourth-order valence-electron chi connectivity index (χ4n) is 4.30. The van der Waals surface area contributed by atoms with Crippen LogP contribution in [0, 0.1) is 11.6 Å². The van der Waals surface area contributed by atoms with Crippen LogP contribution in [-0.2, 0) is 24.8 Å². The zero-order valence-electron chi connectivity index (χ0n) is 23.9. The van der Waals surface area contributed by atoms with Gasteiger partial charge in [-0.3, -0.25) is 4.79 Å². The molecule has 0 bridgehead atoms. The summed E-state index contributed by atoms with van der Waals surface area (Å²) in [5, 5.41) is 1.50. The van der Waals surface area contributed by atoms with E-state index in [0.29, 0.717) is 32.2 Å². The second-order valence-corrected chi connectivity index (χ2v) is 14.3. The number of likely N-dealkylation sites (N-methyl/N-ethyl adjacent to an activating group) is 1. The zero-order valence-corrected chi connectivity index (χ0v) is 26.3. The van der Waals surface area contributed by atoms with Crippen molar-refractivity contribution < 1.29 is 35.1 Å². The Hall–Kier alpha value is -3.82. The van der Waals surface area contributed by atoms with Crippen LogP contribution in [0.4, 0.5) is 14.5 Å². The molecule has 4 rings (SSSR count). The monoisotopic (exact) mass is 666 g/mol. The van der Waals surface area contributed by atoms with E-state index in [1.807, 2.05) is 25.1 Å². The Bertz CT molecular complexity index is 1900. The molecular formula is C29H29ClF2N4O6S2. The molecule has 0 spiro atoms. The molecule has 0 aliphatic carbocycles. The molecule has 4 aromatic carbocycles. The number of ether oxygens (including phenoxy) is 1. The lowest BCUT2D eigenvalue weighted by Gasteiger charge is -2.25. The van der Waals surface area contributed by atoms with E-state index in [9.17, 15) is 30.4 Å². The van der Waals surface area contributed by atoms with Crippen molar-refractivity contribution in [2.45, 2.75) is 9.79 Å². The van der Waals surface area contributed by atoms with Gasteiger partial charge in [-0.1, -0.05) is 29.8 Å². The van der Waals surface area contributed by atoms with Crippen LogP contribution < -0.4 is 15.4 Å². The highest BCUT2D eigenvalue weighted by Gasteiger charge is 2.31. The number of primary amides is 1. The quantitative estimate of drug-likeness (QED) is 0.237. The van der Waals surface area contributed by atoms with E-state index in [2.05, 4.69) is 0 Å². The van der Waals surface area contributed by atoms with Crippen LogP contribution in [0.25, 0.3) is 10.8 Å². The van der Waals surface area contributed by atoms with Gasteiger partial charge in [-0.25, -0.2) is 25.6 Å². The maximum atomic E-state index is 14.9. The summed E-state index contributed by atoms with van der Waals surface area (Å²) in [5.74, 6) is -4.53. The molecule has 44 heavy (non-hydrogen) atoms. The molecule has 4 aromatic rings. The molecule has 0 aliphatic rings. The molecule has 0 unspecified atom stereocenters. The van der Waals surface area contributed by atoms with Gasteiger partial charge in [-0.05, 0) is 60.0 Å². The van der Waals surface area contributed by atoms with Gasteiger partial charge in [0.1, 0.15) is 5.75 Å². The fraction of sp³-hybridized carbons (Fsp3) is 0.207. The summed E-state index contributed by atoms with van der Waals surface area (Å²) in [5.41, 5.74) is 6.14. The molecule has 0 fully saturated rings. The van der Waals surface area contributed by atoms with E-state index >= 15 is 0 Å². The summed E-state index contributed by atoms with van der Waals surface area (Å²) in [7, 11) is -3.92. The summed E-state index contributed by atoms with van der Waals surface area (Å²) in [4.78, 5) is 12.8. The van der Waals surface area contributed by atoms with Crippen molar-refractivity contribution in [1.82, 2.24) is 8.61 Å². The van der Waals surface area contributed by atoms with Gasteiger partial charge in [0.2, 0.25) is 26.0 Å². The number of fused-ring (bicyclic) bond motifs is 1. The second kappa shape index (κ2) is 13.0. The molecular weight excluding hydrogens is 638 g/mol. The molecule has 0 saturated carbocycles. The minimum absolute atomic E-state index is 0.00691. The summed E-state index contributed by atoms with van der Waals surface area (Å²) < 4.78 is 90.5. The number of carbonyl (C=O) groups is 1. The number of anilines is 1. The summed E-state index contributed by atoms with van der Waals surface area (Å²) >= 11 is 5.81. The summed E-state index contributed by atoms with van der Waals surface area (Å²) in [6, 6.07) is 16.8. The first-order valence-corrected chi connectivity index (χ1v) is 16.2. The second-order valence-electron chi connectivity index (χ2n) is 9.96. The Labute approximate surface area is 259 Å². The Morgan fingerprint density at radius 2 is 1.50 bits per heavy atom. The van der Waals surface area contributed by atoms with Gasteiger partial charge in [-0.15, -0.1) is 0 Å². The Morgan fingerprint density at radius 1 is 0.864 bits per heavy atom. The first-order valence-electron chi connectivity index (χ1n) is 13.0. The average molecular weight is 667 g/mol. The van der Waals surface area contributed by atoms with Crippen molar-refractivity contribution in [3.05, 3.63) is 89.5 Å². The molecule has 0 atom stereocenters. The standard InChI is InChI=1S/C29H29ClF2N4O6S2/c1-34(2)21-9-12-24-19(15-21)5-4-6-27(24)44(40,41)35(3)13-14-36(18-28(33)37)43(38,39)23-16-25(31)29(26(32)17-23)42-22-10-7-20(30)8-11-22/h4-12,15-17H,13-14,18H2,1-3H3,(H2,33,37). The van der Waals surface area contributed by atoms with Gasteiger partial charge < -0.3 is 15.4 Å². The first kappa shape index (κ1) is 33.1. The number of benzene rings is 4. The predicted octanol–water partition coefficient (Wildman–Crippen LogP) is 4.43. The number of carbonyl (C=O) groups excluding carboxylic acids is 1. The molecule has 2 N–H and O–H groups in total. The van der Waals surface area contributed by atoms with Crippen molar-refractivity contribution in [2.24, 2.45) is 5.73 Å². The Kier molecular flexibility index (Phi) is 9.80. The number of hydrogen-bond acceptors (Lipinski definition) is 7. The van der Waals surface area contributed by atoms with Crippen molar-refractivity contribution in [1.29, 1.82) is 0 Å². The highest BCUT2D eigenvalue weighted by Crippen LogP contribution is 2.32. The van der Waals surface area contributed by atoms with Crippen LogP contribution in [0.2, 0.25) is 5.02 Å². The van der Waals surface area contributed by atoms with Crippen LogP contribution in [0.3, 0.4) is 0 Å². The summed E-state index contributed by atoms with van der Waals surface area (Å²) in [6.07, 6.45) is 0. The number of halogens is 3. The molecule has 0 heterocycles. The van der Waals surface area contributed by atoms with E-state index in [4.69, 9.17) is 22.1 Å². The van der Waals surface area contributed by atoms with Gasteiger partial charge in [0, 0.05) is 50.3 Å². The lowest BCUT2D eigenvalue weighted by Crippen LogP contribution is -2.43. The molecule has 1 amide bonds. The SMILES string of the molecule is CN(C)c1ccc2c(S(=O)(=O)N(C)CCN(CC(N)=O)S(=O)(=O)c3cc(F)c(Oc4ccc(Cl)cc4)c(F)c3)cccc2c1. The molecule has 0 aliphatic heterocycles. The van der Waals surface area contributed by atoms with Gasteiger partial charge in [0.15, 0.2) is 17.4 Å². The number of hydrogen-bond donors (Lipinski definition) is 1. The minimum atomic E-state index is -4.74. The smallest absolute Gasteiger partial charge is 0.243 e.